The van der Waals surface area contributed by atoms with Gasteiger partial charge in [0.15, 0.2) is 5.16 Å². The lowest BCUT2D eigenvalue weighted by atomic mass is 10.3. The molecule has 0 aromatic heterocycles. The number of hydrogen-bond acceptors (Lipinski definition) is 1. The van der Waals surface area contributed by atoms with E-state index in [1.54, 1.807) is 20.8 Å². The predicted molar refractivity (Wildman–Crippen MR) is 28.5 cm³/mol. The third-order valence-corrected chi connectivity index (χ3v) is 1.58. The van der Waals surface area contributed by atoms with Crippen LogP contribution >= 0.6 is 8.11 Å². The van der Waals surface area contributed by atoms with Crippen molar-refractivity contribution in [3.8, 4) is 0 Å². The minimum atomic E-state index is -2.49. The van der Waals surface area contributed by atoms with Crippen LogP contribution in [-0.4, -0.2) is 5.16 Å². The van der Waals surface area contributed by atoms with E-state index in [2.05, 4.69) is 0 Å². The smallest absolute Gasteiger partial charge is 0.0278 e. The van der Waals surface area contributed by atoms with E-state index in [0.717, 1.165) is 0 Å². The molecule has 0 bridgehead atoms. The topological polar surface area (TPSA) is 17.1 Å². The molecule has 42 valence electrons. The van der Waals surface area contributed by atoms with Crippen LogP contribution in [0.4, 0.5) is 4.20 Å². The first kappa shape index (κ1) is 7.03. The highest BCUT2D eigenvalue weighted by Gasteiger charge is 2.35. The van der Waals surface area contributed by atoms with Crippen LogP contribution in [0.1, 0.15) is 20.8 Å². The summed E-state index contributed by atoms with van der Waals surface area (Å²) in [5, 5.41) is -0.657. The van der Waals surface area contributed by atoms with E-state index in [0.29, 0.717) is 0 Å². The fourth-order valence-corrected chi connectivity index (χ4v) is 0. The third-order valence-electron chi connectivity index (χ3n) is 0.527. The molecule has 0 rings (SSSR count). The molecule has 3 heteroatoms. The summed E-state index contributed by atoms with van der Waals surface area (Å²) in [6, 6.07) is 0. The fourth-order valence-electron chi connectivity index (χ4n) is 0. The lowest BCUT2D eigenvalue weighted by molar-refractivity contribution is 0.530. The van der Waals surface area contributed by atoms with Crippen LogP contribution < -0.4 is 0 Å². The quantitative estimate of drug-likeness (QED) is 0.452. The van der Waals surface area contributed by atoms with E-state index in [1.165, 1.54) is 0 Å². The second-order valence-corrected chi connectivity index (χ2v) is 4.25. The van der Waals surface area contributed by atoms with Crippen molar-refractivity contribution < 1.29 is 8.76 Å². The van der Waals surface area contributed by atoms with Gasteiger partial charge in [-0.15, -0.1) is 0 Å². The summed E-state index contributed by atoms with van der Waals surface area (Å²) in [5.74, 6) is 0. The van der Waals surface area contributed by atoms with Gasteiger partial charge in [0, 0.05) is 0 Å². The van der Waals surface area contributed by atoms with Crippen LogP contribution in [0.25, 0.3) is 0 Å². The van der Waals surface area contributed by atoms with Gasteiger partial charge in [0.2, 0.25) is 0 Å². The molecule has 0 aliphatic carbocycles. The Morgan fingerprint density at radius 3 is 1.57 bits per heavy atom. The van der Waals surface area contributed by atoms with Crippen molar-refractivity contribution in [2.75, 3.05) is 0 Å². The number of halogens is 1. The Morgan fingerprint density at radius 2 is 1.57 bits per heavy atom. The van der Waals surface area contributed by atoms with Crippen molar-refractivity contribution in [3.05, 3.63) is 0 Å². The molecule has 0 aliphatic heterocycles. The van der Waals surface area contributed by atoms with Crippen LogP contribution in [-0.2, 0) is 4.57 Å². The van der Waals surface area contributed by atoms with E-state index in [9.17, 15) is 8.76 Å². The molecule has 0 saturated carbocycles. The monoisotopic (exact) mass is 123 g/mol. The molecule has 1 nitrogen and oxygen atoms in total. The van der Waals surface area contributed by atoms with Crippen molar-refractivity contribution in [2.45, 2.75) is 25.9 Å². The fraction of sp³-hybridized carbons (Fsp3) is 1.00. The van der Waals surface area contributed by atoms with Gasteiger partial charge in [0.05, 0.1) is 4.20 Å². The second kappa shape index (κ2) is 1.87. The lowest BCUT2D eigenvalue weighted by Crippen LogP contribution is -2.03. The maximum Gasteiger partial charge on any atom is 0.563 e. The molecule has 0 spiro atoms. The van der Waals surface area contributed by atoms with Gasteiger partial charge in [-0.05, 0) is 25.3 Å². The Morgan fingerprint density at radius 1 is 1.43 bits per heavy atom. The Bertz CT molecular complexity index is 84.2. The summed E-state index contributed by atoms with van der Waals surface area (Å²) < 4.78 is 21.7. The first-order chi connectivity index (χ1) is 2.94. The van der Waals surface area contributed by atoms with Crippen molar-refractivity contribution in [3.63, 3.8) is 0 Å². The largest absolute Gasteiger partial charge is 0.563 e. The molecule has 0 amide bonds. The molecule has 0 N–H and O–H groups in total. The SMILES string of the molecule is CC(C)(C)[P+](=O)F. The average molecular weight is 123 g/mol. The summed E-state index contributed by atoms with van der Waals surface area (Å²) in [7, 11) is -2.49. The highest BCUT2D eigenvalue weighted by Crippen LogP contribution is 2.38. The average Bonchev–Trinajstić information content (AvgIpc) is 1.31. The zero-order valence-corrected chi connectivity index (χ0v) is 5.63. The molecule has 0 heterocycles. The van der Waals surface area contributed by atoms with Crippen LogP contribution in [0.5, 0.6) is 0 Å². The Kier molecular flexibility index (Phi) is 1.88. The van der Waals surface area contributed by atoms with Crippen LogP contribution in [0.3, 0.4) is 0 Å². The molecule has 0 radical (unpaired) electrons. The minimum Gasteiger partial charge on any atom is -0.0278 e. The van der Waals surface area contributed by atoms with Gasteiger partial charge in [0.1, 0.15) is 0 Å². The highest BCUT2D eigenvalue weighted by atomic mass is 31.1. The molecule has 1 unspecified atom stereocenters. The van der Waals surface area contributed by atoms with Crippen molar-refractivity contribution in [2.24, 2.45) is 0 Å². The van der Waals surface area contributed by atoms with Crippen LogP contribution in [0.15, 0.2) is 0 Å². The van der Waals surface area contributed by atoms with E-state index < -0.39 is 13.3 Å². The molecule has 7 heavy (non-hydrogen) atoms. The zero-order valence-electron chi connectivity index (χ0n) is 4.73. The van der Waals surface area contributed by atoms with E-state index >= 15 is 0 Å². The predicted octanol–water partition coefficient (Wildman–Crippen LogP) is 2.50. The van der Waals surface area contributed by atoms with Gasteiger partial charge in [0.25, 0.3) is 0 Å². The third kappa shape index (κ3) is 2.69. The first-order valence-electron chi connectivity index (χ1n) is 2.08. The molecule has 0 aromatic rings. The van der Waals surface area contributed by atoms with Crippen LogP contribution in [0.2, 0.25) is 0 Å². The molecule has 0 aliphatic rings. The molecule has 0 aromatic carbocycles. The first-order valence-corrected chi connectivity index (χ1v) is 3.23. The van der Waals surface area contributed by atoms with Gasteiger partial charge in [-0.3, -0.25) is 0 Å². The van der Waals surface area contributed by atoms with Crippen LogP contribution in [0, 0.1) is 0 Å². The maximum absolute atomic E-state index is 11.7. The summed E-state index contributed by atoms with van der Waals surface area (Å²) >= 11 is 0. The Balaban J connectivity index is 3.79. The van der Waals surface area contributed by atoms with Gasteiger partial charge in [-0.2, -0.15) is 0 Å². The van der Waals surface area contributed by atoms with E-state index in [1.807, 2.05) is 0 Å². The molecule has 0 saturated heterocycles. The van der Waals surface area contributed by atoms with Gasteiger partial charge in [-0.25, -0.2) is 0 Å². The van der Waals surface area contributed by atoms with Crippen molar-refractivity contribution >= 4 is 8.11 Å². The van der Waals surface area contributed by atoms with Crippen molar-refractivity contribution in [1.29, 1.82) is 0 Å². The second-order valence-electron chi connectivity index (χ2n) is 2.42. The lowest BCUT2D eigenvalue weighted by Gasteiger charge is -1.94. The number of hydrogen-bond donors (Lipinski definition) is 0. The van der Waals surface area contributed by atoms with Gasteiger partial charge >= 0.3 is 8.11 Å². The maximum atomic E-state index is 11.7. The standard InChI is InChI=1S/C4H9FOP/c1-4(2,3)7(5)6/h1-3H3/q+1. The minimum absolute atomic E-state index is 0.657. The van der Waals surface area contributed by atoms with Gasteiger partial charge < -0.3 is 0 Å². The normalized spacial score (nSPS) is 14.0. The van der Waals surface area contributed by atoms with E-state index in [4.69, 9.17) is 0 Å². The summed E-state index contributed by atoms with van der Waals surface area (Å²) in [4.78, 5) is 0. The summed E-state index contributed by atoms with van der Waals surface area (Å²) in [6.45, 7) is 4.81. The Labute approximate surface area is 43.8 Å². The Hall–Kier alpha value is 0.0300. The molecule has 1 atom stereocenters. The summed E-state index contributed by atoms with van der Waals surface area (Å²) in [6.07, 6.45) is 0. The van der Waals surface area contributed by atoms with Gasteiger partial charge in [-0.1, -0.05) is 0 Å². The molecular weight excluding hydrogens is 114 g/mol. The molecular formula is C4H9FOP+. The zero-order chi connectivity index (χ0) is 6.08. The van der Waals surface area contributed by atoms with E-state index in [-0.39, 0.29) is 0 Å². The number of rotatable bonds is 0. The van der Waals surface area contributed by atoms with Crippen molar-refractivity contribution in [1.82, 2.24) is 0 Å². The summed E-state index contributed by atoms with van der Waals surface area (Å²) in [5.41, 5.74) is 0. The molecule has 0 fully saturated rings. The highest BCUT2D eigenvalue weighted by molar-refractivity contribution is 7.40.